The molecule has 6 heteroatoms. The molecule has 2 amide bonds. The van der Waals surface area contributed by atoms with Gasteiger partial charge in [0.1, 0.15) is 0 Å². The topological polar surface area (TPSA) is 70.2 Å². The van der Waals surface area contributed by atoms with Gasteiger partial charge >= 0.3 is 0 Å². The summed E-state index contributed by atoms with van der Waals surface area (Å²) in [4.78, 5) is 23.3. The Morgan fingerprint density at radius 2 is 2.00 bits per heavy atom. The Morgan fingerprint density at radius 3 is 2.60 bits per heavy atom. The average Bonchev–Trinajstić information content (AvgIpc) is 2.37. The van der Waals surface area contributed by atoms with Crippen molar-refractivity contribution in [2.75, 3.05) is 25.5 Å². The van der Waals surface area contributed by atoms with E-state index in [1.54, 1.807) is 7.05 Å². The Balaban J connectivity index is 2.39. The van der Waals surface area contributed by atoms with Gasteiger partial charge in [0.2, 0.25) is 11.8 Å². The number of carbonyl (C=O) groups excluding carboxylic acids is 2. The molecule has 1 aromatic carbocycles. The summed E-state index contributed by atoms with van der Waals surface area (Å²) in [5, 5.41) is 8.38. The van der Waals surface area contributed by atoms with Gasteiger partial charge in [-0.3, -0.25) is 9.59 Å². The molecule has 0 atom stereocenters. The summed E-state index contributed by atoms with van der Waals surface area (Å²) in [6, 6.07) is 7.38. The lowest BCUT2D eigenvalue weighted by Gasteiger charge is -2.22. The van der Waals surface area contributed by atoms with Crippen LogP contribution in [-0.4, -0.2) is 32.0 Å². The third-order valence-corrected chi connectivity index (χ3v) is 3.30. The summed E-state index contributed by atoms with van der Waals surface area (Å²) in [5.74, 6) is -0.201. The number of carbonyl (C=O) groups is 2. The van der Waals surface area contributed by atoms with Crippen molar-refractivity contribution in [3.05, 3.63) is 28.7 Å². The highest BCUT2D eigenvalue weighted by Crippen LogP contribution is 2.15. The van der Waals surface area contributed by atoms with Crippen molar-refractivity contribution in [1.82, 2.24) is 10.6 Å². The van der Waals surface area contributed by atoms with Gasteiger partial charge in [0.25, 0.3) is 0 Å². The quantitative estimate of drug-likeness (QED) is 0.738. The van der Waals surface area contributed by atoms with Crippen molar-refractivity contribution in [3.63, 3.8) is 0 Å². The summed E-state index contributed by atoms with van der Waals surface area (Å²) >= 11 is 3.34. The van der Waals surface area contributed by atoms with E-state index in [4.69, 9.17) is 0 Å². The lowest BCUT2D eigenvalue weighted by atomic mass is 9.92. The molecule has 0 aromatic heterocycles. The highest BCUT2D eigenvalue weighted by Gasteiger charge is 2.26. The first-order valence-corrected chi connectivity index (χ1v) is 7.13. The first kappa shape index (κ1) is 16.7. The third kappa shape index (κ3) is 5.30. The Bertz CT molecular complexity index is 489. The van der Waals surface area contributed by atoms with Gasteiger partial charge in [0.15, 0.2) is 0 Å². The molecule has 0 bridgehead atoms. The van der Waals surface area contributed by atoms with E-state index in [-0.39, 0.29) is 18.4 Å². The maximum atomic E-state index is 11.8. The lowest BCUT2D eigenvalue weighted by Crippen LogP contribution is -2.43. The van der Waals surface area contributed by atoms with Gasteiger partial charge in [-0.15, -0.1) is 0 Å². The maximum Gasteiger partial charge on any atom is 0.238 e. The molecule has 0 fully saturated rings. The van der Waals surface area contributed by atoms with E-state index in [2.05, 4.69) is 31.9 Å². The molecular weight excluding hydrogens is 322 g/mol. The van der Waals surface area contributed by atoms with Crippen LogP contribution in [-0.2, 0) is 9.59 Å². The minimum absolute atomic E-state index is 0.0580. The molecule has 0 aliphatic rings. The van der Waals surface area contributed by atoms with Crippen LogP contribution in [0.2, 0.25) is 0 Å². The third-order valence-electron chi connectivity index (χ3n) is 2.80. The van der Waals surface area contributed by atoms with Crippen LogP contribution in [0.15, 0.2) is 28.7 Å². The fourth-order valence-electron chi connectivity index (χ4n) is 1.68. The second-order valence-electron chi connectivity index (χ2n) is 5.13. The van der Waals surface area contributed by atoms with Crippen molar-refractivity contribution < 1.29 is 9.59 Å². The summed E-state index contributed by atoms with van der Waals surface area (Å²) < 4.78 is 0.906. The zero-order valence-corrected chi connectivity index (χ0v) is 13.5. The van der Waals surface area contributed by atoms with E-state index in [1.807, 2.05) is 38.1 Å². The lowest BCUT2D eigenvalue weighted by molar-refractivity contribution is -0.128. The SMILES string of the molecule is CNC(=O)C(C)(C)CNCC(=O)Nc1cccc(Br)c1. The first-order chi connectivity index (χ1) is 9.35. The minimum Gasteiger partial charge on any atom is -0.359 e. The predicted molar refractivity (Wildman–Crippen MR) is 83.5 cm³/mol. The number of amides is 2. The van der Waals surface area contributed by atoms with E-state index in [0.29, 0.717) is 6.54 Å². The molecule has 0 heterocycles. The number of anilines is 1. The van der Waals surface area contributed by atoms with Gasteiger partial charge in [-0.25, -0.2) is 0 Å². The molecule has 0 radical (unpaired) electrons. The fourth-order valence-corrected chi connectivity index (χ4v) is 2.08. The highest BCUT2D eigenvalue weighted by molar-refractivity contribution is 9.10. The molecule has 0 aliphatic heterocycles. The van der Waals surface area contributed by atoms with Crippen molar-refractivity contribution in [2.45, 2.75) is 13.8 Å². The molecule has 20 heavy (non-hydrogen) atoms. The van der Waals surface area contributed by atoms with Gasteiger partial charge in [-0.1, -0.05) is 22.0 Å². The standard InChI is InChI=1S/C14H20BrN3O2/c1-14(2,13(20)16-3)9-17-8-12(19)18-11-6-4-5-10(15)7-11/h4-7,17H,8-9H2,1-3H3,(H,16,20)(H,18,19). The van der Waals surface area contributed by atoms with Crippen LogP contribution in [0.25, 0.3) is 0 Å². The van der Waals surface area contributed by atoms with Crippen LogP contribution >= 0.6 is 15.9 Å². The molecule has 110 valence electrons. The van der Waals surface area contributed by atoms with Crippen LogP contribution in [0.3, 0.4) is 0 Å². The van der Waals surface area contributed by atoms with Crippen LogP contribution in [0.4, 0.5) is 5.69 Å². The van der Waals surface area contributed by atoms with E-state index in [0.717, 1.165) is 10.2 Å². The summed E-state index contributed by atoms with van der Waals surface area (Å²) in [6.07, 6.45) is 0. The fraction of sp³-hybridized carbons (Fsp3) is 0.429. The zero-order chi connectivity index (χ0) is 15.2. The monoisotopic (exact) mass is 341 g/mol. The predicted octanol–water partition coefficient (Wildman–Crippen LogP) is 1.75. The van der Waals surface area contributed by atoms with E-state index in [9.17, 15) is 9.59 Å². The summed E-state index contributed by atoms with van der Waals surface area (Å²) in [6.45, 7) is 4.24. The molecule has 0 saturated carbocycles. The van der Waals surface area contributed by atoms with Crippen molar-refractivity contribution in [1.29, 1.82) is 0 Å². The van der Waals surface area contributed by atoms with Gasteiger partial charge in [-0.05, 0) is 32.0 Å². The van der Waals surface area contributed by atoms with Crippen LogP contribution in [0.5, 0.6) is 0 Å². The largest absolute Gasteiger partial charge is 0.359 e. The molecule has 1 aromatic rings. The van der Waals surface area contributed by atoms with Gasteiger partial charge in [0.05, 0.1) is 12.0 Å². The molecule has 1 rings (SSSR count). The summed E-state index contributed by atoms with van der Waals surface area (Å²) in [5.41, 5.74) is 0.182. The van der Waals surface area contributed by atoms with Crippen molar-refractivity contribution in [3.8, 4) is 0 Å². The molecule has 0 aliphatic carbocycles. The van der Waals surface area contributed by atoms with Crippen LogP contribution < -0.4 is 16.0 Å². The van der Waals surface area contributed by atoms with E-state index < -0.39 is 5.41 Å². The number of hydrogen-bond donors (Lipinski definition) is 3. The molecule has 0 spiro atoms. The molecule has 5 nitrogen and oxygen atoms in total. The normalized spacial score (nSPS) is 11.0. The Morgan fingerprint density at radius 1 is 1.30 bits per heavy atom. The first-order valence-electron chi connectivity index (χ1n) is 6.33. The number of hydrogen-bond acceptors (Lipinski definition) is 3. The molecule has 0 saturated heterocycles. The molecular formula is C14H20BrN3O2. The Labute approximate surface area is 127 Å². The Hall–Kier alpha value is -1.40. The average molecular weight is 342 g/mol. The second kappa shape index (κ2) is 7.40. The smallest absolute Gasteiger partial charge is 0.238 e. The highest BCUT2D eigenvalue weighted by atomic mass is 79.9. The number of benzene rings is 1. The van der Waals surface area contributed by atoms with Gasteiger partial charge in [0, 0.05) is 23.8 Å². The van der Waals surface area contributed by atoms with Gasteiger partial charge < -0.3 is 16.0 Å². The van der Waals surface area contributed by atoms with Crippen molar-refractivity contribution in [2.24, 2.45) is 5.41 Å². The molecule has 0 unspecified atom stereocenters. The second-order valence-corrected chi connectivity index (χ2v) is 6.04. The summed E-state index contributed by atoms with van der Waals surface area (Å²) in [7, 11) is 1.60. The Kier molecular flexibility index (Phi) is 6.16. The van der Waals surface area contributed by atoms with Crippen molar-refractivity contribution >= 4 is 33.4 Å². The number of rotatable bonds is 6. The van der Waals surface area contributed by atoms with E-state index in [1.165, 1.54) is 0 Å². The number of halogens is 1. The van der Waals surface area contributed by atoms with Crippen LogP contribution in [0, 0.1) is 5.41 Å². The maximum absolute atomic E-state index is 11.8. The van der Waals surface area contributed by atoms with E-state index >= 15 is 0 Å². The van der Waals surface area contributed by atoms with Crippen LogP contribution in [0.1, 0.15) is 13.8 Å². The molecule has 3 N–H and O–H groups in total. The minimum atomic E-state index is -0.551. The number of nitrogens with one attached hydrogen (secondary N) is 3. The van der Waals surface area contributed by atoms with Gasteiger partial charge in [-0.2, -0.15) is 0 Å². The zero-order valence-electron chi connectivity index (χ0n) is 11.9.